The van der Waals surface area contributed by atoms with Crippen LogP contribution in [0.3, 0.4) is 0 Å². The zero-order valence-corrected chi connectivity index (χ0v) is 22.6. The Hall–Kier alpha value is -2.87. The number of carbonyl (C=O) groups is 2. The summed E-state index contributed by atoms with van der Waals surface area (Å²) in [5, 5.41) is 2.84. The molecule has 2 aromatic rings. The third kappa shape index (κ3) is 8.38. The number of anilines is 1. The number of rotatable bonds is 11. The summed E-state index contributed by atoms with van der Waals surface area (Å²) in [6, 6.07) is 16.2. The number of nitrogens with one attached hydrogen (secondary N) is 1. The molecule has 0 saturated carbocycles. The van der Waals surface area contributed by atoms with E-state index in [1.807, 2.05) is 49.4 Å². The van der Waals surface area contributed by atoms with Crippen LogP contribution >= 0.6 is 0 Å². The SMILES string of the molecule is CCCNC(=O)C(C)N(CCc1ccccc1)C(=O)CN(c1ccc(C(C)(C)C)cc1)S(C)(=O)=O. The topological polar surface area (TPSA) is 86.8 Å². The number of hydrogen-bond acceptors (Lipinski definition) is 4. The molecular formula is C27H39N3O4S. The highest BCUT2D eigenvalue weighted by Crippen LogP contribution is 2.26. The first kappa shape index (κ1) is 28.4. The average Bonchev–Trinajstić information content (AvgIpc) is 2.80. The molecule has 0 heterocycles. The highest BCUT2D eigenvalue weighted by Gasteiger charge is 2.29. The quantitative estimate of drug-likeness (QED) is 0.508. The summed E-state index contributed by atoms with van der Waals surface area (Å²) in [5.74, 6) is -0.681. The lowest BCUT2D eigenvalue weighted by Crippen LogP contribution is -2.52. The molecule has 1 N–H and O–H groups in total. The molecule has 0 aliphatic rings. The van der Waals surface area contributed by atoms with Crippen LogP contribution in [-0.4, -0.2) is 57.1 Å². The van der Waals surface area contributed by atoms with Crippen molar-refractivity contribution in [3.8, 4) is 0 Å². The first-order valence-electron chi connectivity index (χ1n) is 12.0. The Morgan fingerprint density at radius 1 is 1.00 bits per heavy atom. The minimum atomic E-state index is -3.74. The first-order valence-corrected chi connectivity index (χ1v) is 13.9. The minimum absolute atomic E-state index is 0.0835. The normalized spacial score (nSPS) is 12.6. The summed E-state index contributed by atoms with van der Waals surface area (Å²) in [6.45, 7) is 10.3. The van der Waals surface area contributed by atoms with Crippen LogP contribution in [0.25, 0.3) is 0 Å². The molecule has 0 fully saturated rings. The molecule has 2 aromatic carbocycles. The summed E-state index contributed by atoms with van der Waals surface area (Å²) < 4.78 is 26.4. The van der Waals surface area contributed by atoms with Gasteiger partial charge < -0.3 is 10.2 Å². The fourth-order valence-electron chi connectivity index (χ4n) is 3.71. The molecule has 35 heavy (non-hydrogen) atoms. The van der Waals surface area contributed by atoms with Gasteiger partial charge in [-0.3, -0.25) is 13.9 Å². The van der Waals surface area contributed by atoms with Crippen molar-refractivity contribution in [3.05, 3.63) is 65.7 Å². The number of nitrogens with zero attached hydrogens (tertiary/aromatic N) is 2. The molecule has 0 saturated heterocycles. The molecule has 2 amide bonds. The Balaban J connectivity index is 2.31. The fourth-order valence-corrected chi connectivity index (χ4v) is 4.56. The minimum Gasteiger partial charge on any atom is -0.354 e. The second kappa shape index (κ2) is 12.2. The van der Waals surface area contributed by atoms with Gasteiger partial charge in [0.15, 0.2) is 0 Å². The highest BCUT2D eigenvalue weighted by atomic mass is 32.2. The van der Waals surface area contributed by atoms with E-state index >= 15 is 0 Å². The number of amides is 2. The summed E-state index contributed by atoms with van der Waals surface area (Å²) in [6.07, 6.45) is 2.42. The van der Waals surface area contributed by atoms with Crippen molar-refractivity contribution < 1.29 is 18.0 Å². The predicted molar refractivity (Wildman–Crippen MR) is 142 cm³/mol. The smallest absolute Gasteiger partial charge is 0.244 e. The predicted octanol–water partition coefficient (Wildman–Crippen LogP) is 3.74. The third-order valence-electron chi connectivity index (χ3n) is 5.90. The maximum absolute atomic E-state index is 13.5. The van der Waals surface area contributed by atoms with Crippen LogP contribution < -0.4 is 9.62 Å². The van der Waals surface area contributed by atoms with Crippen molar-refractivity contribution in [1.29, 1.82) is 0 Å². The monoisotopic (exact) mass is 501 g/mol. The van der Waals surface area contributed by atoms with Gasteiger partial charge in [0.1, 0.15) is 12.6 Å². The standard InChI is InChI=1S/C27H39N3O4S/c1-7-18-28-26(32)21(2)29(19-17-22-11-9-8-10-12-22)25(31)20-30(35(6,33)34)24-15-13-23(14-16-24)27(3,4)5/h8-16,21H,7,17-20H2,1-6H3,(H,28,32). The van der Waals surface area contributed by atoms with Crippen LogP contribution in [0, 0.1) is 0 Å². The van der Waals surface area contributed by atoms with Crippen LogP contribution in [0.5, 0.6) is 0 Å². The lowest BCUT2D eigenvalue weighted by molar-refractivity contribution is -0.138. The molecule has 8 heteroatoms. The van der Waals surface area contributed by atoms with E-state index in [4.69, 9.17) is 0 Å². The van der Waals surface area contributed by atoms with Crippen molar-refractivity contribution in [2.24, 2.45) is 0 Å². The van der Waals surface area contributed by atoms with Crippen molar-refractivity contribution in [2.75, 3.05) is 30.2 Å². The number of carbonyl (C=O) groups excluding carboxylic acids is 2. The molecule has 0 aliphatic heterocycles. The van der Waals surface area contributed by atoms with Crippen LogP contribution in [-0.2, 0) is 31.4 Å². The zero-order chi connectivity index (χ0) is 26.2. The van der Waals surface area contributed by atoms with Gasteiger partial charge in [-0.15, -0.1) is 0 Å². The highest BCUT2D eigenvalue weighted by molar-refractivity contribution is 7.92. The van der Waals surface area contributed by atoms with Gasteiger partial charge in [-0.05, 0) is 48.4 Å². The zero-order valence-electron chi connectivity index (χ0n) is 21.7. The maximum Gasteiger partial charge on any atom is 0.244 e. The van der Waals surface area contributed by atoms with Gasteiger partial charge in [-0.2, -0.15) is 0 Å². The van der Waals surface area contributed by atoms with Gasteiger partial charge in [0.2, 0.25) is 21.8 Å². The molecule has 0 aliphatic carbocycles. The van der Waals surface area contributed by atoms with E-state index in [0.717, 1.165) is 28.1 Å². The summed E-state index contributed by atoms with van der Waals surface area (Å²) >= 11 is 0. The lowest BCUT2D eigenvalue weighted by atomic mass is 9.87. The number of sulfonamides is 1. The largest absolute Gasteiger partial charge is 0.354 e. The van der Waals surface area contributed by atoms with Gasteiger partial charge in [0, 0.05) is 13.1 Å². The van der Waals surface area contributed by atoms with E-state index < -0.39 is 22.0 Å². The summed E-state index contributed by atoms with van der Waals surface area (Å²) in [4.78, 5) is 27.7. The number of benzene rings is 2. The lowest BCUT2D eigenvalue weighted by Gasteiger charge is -2.31. The first-order chi connectivity index (χ1) is 16.3. The van der Waals surface area contributed by atoms with E-state index in [0.29, 0.717) is 25.2 Å². The van der Waals surface area contributed by atoms with E-state index in [2.05, 4.69) is 26.1 Å². The van der Waals surface area contributed by atoms with E-state index in [-0.39, 0.29) is 17.9 Å². The molecule has 0 aromatic heterocycles. The Bertz CT molecular complexity index is 1080. The Morgan fingerprint density at radius 2 is 1.60 bits per heavy atom. The summed E-state index contributed by atoms with van der Waals surface area (Å²) in [5.41, 5.74) is 2.43. The Kier molecular flexibility index (Phi) is 9.89. The second-order valence-corrected chi connectivity index (χ2v) is 11.8. The van der Waals surface area contributed by atoms with Crippen molar-refractivity contribution >= 4 is 27.5 Å². The summed E-state index contributed by atoms with van der Waals surface area (Å²) in [7, 11) is -3.74. The van der Waals surface area contributed by atoms with E-state index in [9.17, 15) is 18.0 Å². The average molecular weight is 502 g/mol. The number of hydrogen-bond donors (Lipinski definition) is 1. The van der Waals surface area contributed by atoms with Crippen LogP contribution in [0.4, 0.5) is 5.69 Å². The van der Waals surface area contributed by atoms with E-state index in [1.165, 1.54) is 4.90 Å². The van der Waals surface area contributed by atoms with Crippen molar-refractivity contribution in [1.82, 2.24) is 10.2 Å². The molecule has 0 bridgehead atoms. The van der Waals surface area contributed by atoms with Gasteiger partial charge in [-0.1, -0.05) is 70.2 Å². The Morgan fingerprint density at radius 3 is 2.11 bits per heavy atom. The van der Waals surface area contributed by atoms with Gasteiger partial charge in [-0.25, -0.2) is 8.42 Å². The molecule has 0 radical (unpaired) electrons. The fraction of sp³-hybridized carbons (Fsp3) is 0.481. The molecule has 0 spiro atoms. The third-order valence-corrected chi connectivity index (χ3v) is 7.04. The van der Waals surface area contributed by atoms with Crippen LogP contribution in [0.2, 0.25) is 0 Å². The second-order valence-electron chi connectivity index (χ2n) is 9.86. The van der Waals surface area contributed by atoms with Gasteiger partial charge >= 0.3 is 0 Å². The van der Waals surface area contributed by atoms with E-state index in [1.54, 1.807) is 19.1 Å². The molecule has 7 nitrogen and oxygen atoms in total. The van der Waals surface area contributed by atoms with Crippen molar-refractivity contribution in [3.63, 3.8) is 0 Å². The molecule has 2 rings (SSSR count). The molecule has 1 unspecified atom stereocenters. The van der Waals surface area contributed by atoms with Crippen molar-refractivity contribution in [2.45, 2.75) is 58.9 Å². The van der Waals surface area contributed by atoms with Crippen LogP contribution in [0.15, 0.2) is 54.6 Å². The molecular weight excluding hydrogens is 462 g/mol. The van der Waals surface area contributed by atoms with Crippen LogP contribution in [0.1, 0.15) is 52.2 Å². The Labute approximate surface area is 210 Å². The van der Waals surface area contributed by atoms with Gasteiger partial charge in [0.25, 0.3) is 0 Å². The molecule has 1 atom stereocenters. The maximum atomic E-state index is 13.5. The van der Waals surface area contributed by atoms with Gasteiger partial charge in [0.05, 0.1) is 11.9 Å². The molecule has 192 valence electrons.